The van der Waals surface area contributed by atoms with Gasteiger partial charge in [0, 0.05) is 30.6 Å². The second-order valence-electron chi connectivity index (χ2n) is 6.80. The van der Waals surface area contributed by atoms with Gasteiger partial charge in [0.05, 0.1) is 16.8 Å². The molecule has 0 aromatic carbocycles. The van der Waals surface area contributed by atoms with Gasteiger partial charge in [0.2, 0.25) is 5.91 Å². The lowest BCUT2D eigenvalue weighted by Crippen LogP contribution is -2.60. The average molecular weight is 411 g/mol. The number of aliphatic hydroxyl groups is 1. The number of hydrogen-bond acceptors (Lipinski definition) is 7. The van der Waals surface area contributed by atoms with E-state index in [1.807, 2.05) is 6.92 Å². The van der Waals surface area contributed by atoms with Crippen molar-refractivity contribution in [1.82, 2.24) is 14.3 Å². The molecule has 1 amide bonds. The molecule has 27 heavy (non-hydrogen) atoms. The number of aliphatic carboxylic acids is 1. The molecule has 0 radical (unpaired) electrons. The number of thiazole rings is 1. The molecule has 0 bridgehead atoms. The van der Waals surface area contributed by atoms with Crippen molar-refractivity contribution in [2.45, 2.75) is 24.4 Å². The standard InChI is InChI=1S/C16H17N3O6S2/c1-7-10(9-5-18-6-17-13(15(18)26-9)27(2,24)25)12(16(22)23)19-11(7)8(3-4-20)14(19)21/h5-8,11,20H,3-4H2,1-2H3,(H,22,23)/t7-,8-,11+/m0/s1. The zero-order chi connectivity index (χ0) is 19.7. The van der Waals surface area contributed by atoms with Gasteiger partial charge in [0.15, 0.2) is 14.9 Å². The predicted molar refractivity (Wildman–Crippen MR) is 95.7 cm³/mol. The number of carbonyl (C=O) groups excluding carboxylic acids is 1. The Hall–Kier alpha value is -2.24. The van der Waals surface area contributed by atoms with Gasteiger partial charge in [0.25, 0.3) is 0 Å². The molecule has 1 saturated heterocycles. The van der Waals surface area contributed by atoms with E-state index in [9.17, 15) is 28.2 Å². The van der Waals surface area contributed by atoms with Gasteiger partial charge in [-0.2, -0.15) is 0 Å². The number of hydrogen-bond donors (Lipinski definition) is 2. The number of carboxylic acid groups (broad SMARTS) is 1. The highest BCUT2D eigenvalue weighted by atomic mass is 32.2. The van der Waals surface area contributed by atoms with E-state index in [1.54, 1.807) is 10.6 Å². The number of carbonyl (C=O) groups is 2. The SMILES string of the molecule is C[C@H]1C(c2cn3cnc(S(C)(=O)=O)c3s2)=C(C(=O)O)N2C(=O)[C@@H](CCO)[C@@H]12. The van der Waals surface area contributed by atoms with Crippen LogP contribution in [0.4, 0.5) is 0 Å². The molecule has 0 unspecified atom stereocenters. The second kappa shape index (κ2) is 5.88. The van der Waals surface area contributed by atoms with Crippen molar-refractivity contribution in [3.05, 3.63) is 23.1 Å². The minimum absolute atomic E-state index is 0.0561. The van der Waals surface area contributed by atoms with Gasteiger partial charge >= 0.3 is 5.97 Å². The quantitative estimate of drug-likeness (QED) is 0.684. The molecule has 4 rings (SSSR count). The molecular weight excluding hydrogens is 394 g/mol. The third-order valence-electron chi connectivity index (χ3n) is 5.17. The Morgan fingerprint density at radius 3 is 2.70 bits per heavy atom. The topological polar surface area (TPSA) is 129 Å². The number of β-lactam (4-membered cyclic amide) rings is 1. The van der Waals surface area contributed by atoms with Crippen LogP contribution < -0.4 is 0 Å². The number of amides is 1. The van der Waals surface area contributed by atoms with Gasteiger partial charge < -0.3 is 15.1 Å². The summed E-state index contributed by atoms with van der Waals surface area (Å²) in [6, 6.07) is -0.306. The lowest BCUT2D eigenvalue weighted by molar-refractivity contribution is -0.157. The third kappa shape index (κ3) is 2.45. The minimum Gasteiger partial charge on any atom is -0.477 e. The Labute approximate surface area is 158 Å². The third-order valence-corrected chi connectivity index (χ3v) is 7.44. The second-order valence-corrected chi connectivity index (χ2v) is 9.77. The van der Waals surface area contributed by atoms with Crippen LogP contribution in [-0.4, -0.2) is 63.7 Å². The molecule has 1 fully saturated rings. The van der Waals surface area contributed by atoms with Crippen LogP contribution >= 0.6 is 11.3 Å². The fraction of sp³-hybridized carbons (Fsp3) is 0.438. The van der Waals surface area contributed by atoms with E-state index >= 15 is 0 Å². The van der Waals surface area contributed by atoms with E-state index < -0.39 is 21.7 Å². The summed E-state index contributed by atoms with van der Waals surface area (Å²) in [4.78, 5) is 30.5. The van der Waals surface area contributed by atoms with E-state index in [-0.39, 0.29) is 35.2 Å². The van der Waals surface area contributed by atoms with Crippen molar-refractivity contribution in [2.75, 3.05) is 12.9 Å². The van der Waals surface area contributed by atoms with E-state index in [4.69, 9.17) is 0 Å². The Morgan fingerprint density at radius 2 is 2.11 bits per heavy atom. The first-order valence-electron chi connectivity index (χ1n) is 8.25. The highest BCUT2D eigenvalue weighted by molar-refractivity contribution is 7.91. The normalized spacial score (nSPS) is 25.2. The largest absolute Gasteiger partial charge is 0.477 e. The molecular formula is C16H17N3O6S2. The first-order valence-corrected chi connectivity index (χ1v) is 11.0. The van der Waals surface area contributed by atoms with E-state index in [1.165, 1.54) is 11.2 Å². The van der Waals surface area contributed by atoms with E-state index in [2.05, 4.69) is 4.98 Å². The van der Waals surface area contributed by atoms with Crippen LogP contribution in [0.2, 0.25) is 0 Å². The maximum Gasteiger partial charge on any atom is 0.352 e. The Morgan fingerprint density at radius 1 is 1.41 bits per heavy atom. The first kappa shape index (κ1) is 18.1. The summed E-state index contributed by atoms with van der Waals surface area (Å²) in [6.45, 7) is 1.71. The maximum absolute atomic E-state index is 12.4. The van der Waals surface area contributed by atoms with Crippen molar-refractivity contribution in [2.24, 2.45) is 11.8 Å². The molecule has 3 atom stereocenters. The summed E-state index contributed by atoms with van der Waals surface area (Å²) in [7, 11) is -3.52. The number of aromatic nitrogens is 2. The first-order chi connectivity index (χ1) is 12.7. The van der Waals surface area contributed by atoms with E-state index in [0.717, 1.165) is 17.6 Å². The van der Waals surface area contributed by atoms with Gasteiger partial charge in [-0.3, -0.25) is 9.20 Å². The molecule has 2 aromatic heterocycles. The van der Waals surface area contributed by atoms with Crippen LogP contribution in [0.25, 0.3) is 10.4 Å². The Kier molecular flexibility index (Phi) is 3.95. The number of aliphatic hydroxyl groups excluding tert-OH is 1. The van der Waals surface area contributed by atoms with Crippen molar-refractivity contribution in [1.29, 1.82) is 0 Å². The molecule has 2 aromatic rings. The van der Waals surface area contributed by atoms with Crippen LogP contribution in [0.3, 0.4) is 0 Å². The van der Waals surface area contributed by atoms with Crippen LogP contribution in [0.15, 0.2) is 23.2 Å². The number of fused-ring (bicyclic) bond motifs is 2. The summed E-state index contributed by atoms with van der Waals surface area (Å²) < 4.78 is 25.3. The highest BCUT2D eigenvalue weighted by Crippen LogP contribution is 2.51. The number of carboxylic acids is 1. The highest BCUT2D eigenvalue weighted by Gasteiger charge is 2.58. The van der Waals surface area contributed by atoms with Crippen LogP contribution in [-0.2, 0) is 19.4 Å². The molecule has 11 heteroatoms. The van der Waals surface area contributed by atoms with Crippen molar-refractivity contribution in [3.63, 3.8) is 0 Å². The average Bonchev–Trinajstić information content (AvgIpc) is 3.20. The van der Waals surface area contributed by atoms with Crippen molar-refractivity contribution in [3.8, 4) is 0 Å². The molecule has 0 spiro atoms. The Bertz CT molecular complexity index is 1110. The summed E-state index contributed by atoms with van der Waals surface area (Å²) in [5.41, 5.74) is 0.444. The number of imidazole rings is 1. The lowest BCUT2D eigenvalue weighted by atomic mass is 9.79. The van der Waals surface area contributed by atoms with Crippen molar-refractivity contribution < 1.29 is 28.2 Å². The molecule has 2 aliphatic rings. The van der Waals surface area contributed by atoms with Gasteiger partial charge in [-0.15, -0.1) is 11.3 Å². The summed E-state index contributed by atoms with van der Waals surface area (Å²) in [5.74, 6) is -2.15. The van der Waals surface area contributed by atoms with Crippen molar-refractivity contribution >= 4 is 43.5 Å². The number of sulfone groups is 1. The monoisotopic (exact) mass is 411 g/mol. The zero-order valence-electron chi connectivity index (χ0n) is 14.5. The molecule has 0 aliphatic carbocycles. The van der Waals surface area contributed by atoms with Gasteiger partial charge in [-0.25, -0.2) is 18.2 Å². The van der Waals surface area contributed by atoms with Gasteiger partial charge in [0.1, 0.15) is 16.9 Å². The minimum atomic E-state index is -3.52. The van der Waals surface area contributed by atoms with Crippen LogP contribution in [0.1, 0.15) is 18.2 Å². The molecule has 2 N–H and O–H groups in total. The van der Waals surface area contributed by atoms with Gasteiger partial charge in [-0.05, 0) is 6.42 Å². The lowest BCUT2D eigenvalue weighted by Gasteiger charge is -2.45. The number of nitrogens with zero attached hydrogens (tertiary/aromatic N) is 3. The predicted octanol–water partition coefficient (Wildman–Crippen LogP) is 0.454. The fourth-order valence-corrected chi connectivity index (χ4v) is 6.42. The molecule has 144 valence electrons. The molecule has 0 saturated carbocycles. The molecule has 2 aliphatic heterocycles. The molecule has 4 heterocycles. The Balaban J connectivity index is 1.85. The van der Waals surface area contributed by atoms with Crippen LogP contribution in [0.5, 0.6) is 0 Å². The molecule has 9 nitrogen and oxygen atoms in total. The maximum atomic E-state index is 12.4. The smallest absolute Gasteiger partial charge is 0.352 e. The summed E-state index contributed by atoms with van der Waals surface area (Å²) in [5, 5.41) is 18.9. The zero-order valence-corrected chi connectivity index (χ0v) is 16.1. The van der Waals surface area contributed by atoms with E-state index in [0.29, 0.717) is 21.7 Å². The fourth-order valence-electron chi connectivity index (χ4n) is 4.07. The van der Waals surface area contributed by atoms with Crippen LogP contribution in [0, 0.1) is 11.8 Å². The summed E-state index contributed by atoms with van der Waals surface area (Å²) in [6.07, 6.45) is 4.38. The number of rotatable bonds is 5. The van der Waals surface area contributed by atoms with Gasteiger partial charge in [-0.1, -0.05) is 6.92 Å². The summed E-state index contributed by atoms with van der Waals surface area (Å²) >= 11 is 1.14.